The molecule has 61 heavy (non-hydrogen) atoms. The fourth-order valence-electron chi connectivity index (χ4n) is 10.2. The van der Waals surface area contributed by atoms with Gasteiger partial charge >= 0.3 is 0 Å². The summed E-state index contributed by atoms with van der Waals surface area (Å²) in [7, 11) is 0. The number of anilines is 3. The van der Waals surface area contributed by atoms with Gasteiger partial charge in [0.1, 0.15) is 0 Å². The van der Waals surface area contributed by atoms with E-state index in [2.05, 4.69) is 252 Å². The van der Waals surface area contributed by atoms with E-state index >= 15 is 0 Å². The molecule has 2 nitrogen and oxygen atoms in total. The summed E-state index contributed by atoms with van der Waals surface area (Å²) in [5.41, 5.74) is 16.2. The molecule has 0 radical (unpaired) electrons. The van der Waals surface area contributed by atoms with E-state index < -0.39 is 5.41 Å². The van der Waals surface area contributed by atoms with Crippen molar-refractivity contribution in [3.63, 3.8) is 0 Å². The zero-order valence-electron chi connectivity index (χ0n) is 33.5. The first-order valence-corrected chi connectivity index (χ1v) is 21.1. The Morgan fingerprint density at radius 3 is 1.59 bits per heavy atom. The zero-order chi connectivity index (χ0) is 40.3. The summed E-state index contributed by atoms with van der Waals surface area (Å²) >= 11 is 0. The van der Waals surface area contributed by atoms with Gasteiger partial charge in [0.2, 0.25) is 0 Å². The highest BCUT2D eigenvalue weighted by atomic mass is 15.1. The highest BCUT2D eigenvalue weighted by Gasteiger charge is 2.47. The molecule has 10 aromatic carbocycles. The van der Waals surface area contributed by atoms with Crippen molar-refractivity contribution in [1.82, 2.24) is 4.57 Å². The number of hydrogen-bond donors (Lipinski definition) is 0. The third-order valence-electron chi connectivity index (χ3n) is 12.8. The van der Waals surface area contributed by atoms with Crippen LogP contribution in [0.3, 0.4) is 0 Å². The number of fused-ring (bicyclic) bond motifs is 8. The number of aromatic nitrogens is 1. The molecule has 11 aromatic rings. The summed E-state index contributed by atoms with van der Waals surface area (Å²) in [4.78, 5) is 2.45. The molecule has 0 fully saturated rings. The lowest BCUT2D eigenvalue weighted by molar-refractivity contribution is 0.775. The second-order valence-corrected chi connectivity index (χ2v) is 16.1. The summed E-state index contributed by atoms with van der Waals surface area (Å²) < 4.78 is 2.41. The average Bonchev–Trinajstić information content (AvgIpc) is 3.83. The molecule has 1 heterocycles. The Kier molecular flexibility index (Phi) is 8.11. The average molecular weight is 777 g/mol. The summed E-state index contributed by atoms with van der Waals surface area (Å²) in [5.74, 6) is 0. The van der Waals surface area contributed by atoms with E-state index in [-0.39, 0.29) is 0 Å². The van der Waals surface area contributed by atoms with Gasteiger partial charge in [-0.05, 0) is 110 Å². The fourth-order valence-corrected chi connectivity index (χ4v) is 10.2. The van der Waals surface area contributed by atoms with Crippen molar-refractivity contribution in [3.05, 3.63) is 265 Å². The largest absolute Gasteiger partial charge is 0.310 e. The molecule has 1 aromatic heterocycles. The molecule has 0 unspecified atom stereocenters. The van der Waals surface area contributed by atoms with Gasteiger partial charge in [0.05, 0.1) is 16.4 Å². The van der Waals surface area contributed by atoms with Gasteiger partial charge in [-0.15, -0.1) is 0 Å². The van der Waals surface area contributed by atoms with E-state index in [1.54, 1.807) is 0 Å². The maximum absolute atomic E-state index is 2.48. The van der Waals surface area contributed by atoms with Gasteiger partial charge < -0.3 is 9.47 Å². The van der Waals surface area contributed by atoms with Gasteiger partial charge in [-0.25, -0.2) is 0 Å². The topological polar surface area (TPSA) is 8.17 Å². The van der Waals surface area contributed by atoms with Crippen LogP contribution in [-0.2, 0) is 5.41 Å². The SMILES string of the molecule is c1ccc(-c2ccc(N(c3ccc4c(c3)C(c3ccccc3)(c3ccccc3)c3c-4ccc4ccccc34)c3ccc4c5ccccc5n(-c5ccccc5)c4c3)cc2)cc1. The van der Waals surface area contributed by atoms with Crippen LogP contribution in [0.15, 0.2) is 243 Å². The molecule has 0 atom stereocenters. The number of rotatable bonds is 7. The van der Waals surface area contributed by atoms with Crippen molar-refractivity contribution >= 4 is 49.6 Å². The number of para-hydroxylation sites is 2. The summed E-state index contributed by atoms with van der Waals surface area (Å²) in [6.45, 7) is 0. The molecule has 2 heteroatoms. The van der Waals surface area contributed by atoms with Crippen LogP contribution in [0, 0.1) is 0 Å². The molecular formula is C59H40N2. The number of hydrogen-bond acceptors (Lipinski definition) is 1. The standard InChI is InChI=1S/C59H40N2/c1-5-17-41(18-6-1)42-29-32-47(33-30-42)60(49-35-38-53-52-27-15-16-28-56(52)61(57(53)40-49)46-24-11-4-12-25-46)48-34-37-51-54-36-31-43-19-13-14-26-50(43)58(54)59(55(51)39-48,44-20-7-2-8-21-44)45-22-9-3-10-23-45/h1-40H. The molecule has 1 aliphatic carbocycles. The lowest BCUT2D eigenvalue weighted by atomic mass is 9.66. The molecule has 0 amide bonds. The van der Waals surface area contributed by atoms with E-state index in [9.17, 15) is 0 Å². The van der Waals surface area contributed by atoms with Crippen molar-refractivity contribution in [2.45, 2.75) is 5.41 Å². The van der Waals surface area contributed by atoms with Crippen molar-refractivity contribution in [1.29, 1.82) is 0 Å². The van der Waals surface area contributed by atoms with Crippen molar-refractivity contribution in [3.8, 4) is 27.9 Å². The van der Waals surface area contributed by atoms with Crippen LogP contribution >= 0.6 is 0 Å². The first-order chi connectivity index (χ1) is 30.3. The Morgan fingerprint density at radius 1 is 0.344 bits per heavy atom. The van der Waals surface area contributed by atoms with Crippen molar-refractivity contribution < 1.29 is 0 Å². The predicted molar refractivity (Wildman–Crippen MR) is 256 cm³/mol. The monoisotopic (exact) mass is 776 g/mol. The Labute approximate surface area is 355 Å². The summed E-state index contributed by atoms with van der Waals surface area (Å²) in [5, 5.41) is 4.99. The van der Waals surface area contributed by atoms with E-state index in [0.717, 1.165) is 22.7 Å². The van der Waals surface area contributed by atoms with Crippen molar-refractivity contribution in [2.75, 3.05) is 4.90 Å². The highest BCUT2D eigenvalue weighted by molar-refractivity contribution is 6.10. The van der Waals surface area contributed by atoms with Crippen LogP contribution in [-0.4, -0.2) is 4.57 Å². The van der Waals surface area contributed by atoms with E-state index in [1.165, 1.54) is 77.1 Å². The molecule has 12 rings (SSSR count). The van der Waals surface area contributed by atoms with Crippen molar-refractivity contribution in [2.24, 2.45) is 0 Å². The summed E-state index contributed by atoms with van der Waals surface area (Å²) in [6.07, 6.45) is 0. The minimum Gasteiger partial charge on any atom is -0.310 e. The van der Waals surface area contributed by atoms with Gasteiger partial charge in [-0.1, -0.05) is 188 Å². The Bertz CT molecular complexity index is 3350. The first-order valence-electron chi connectivity index (χ1n) is 21.1. The number of benzene rings is 10. The second-order valence-electron chi connectivity index (χ2n) is 16.1. The molecular weight excluding hydrogens is 737 g/mol. The quantitative estimate of drug-likeness (QED) is 0.156. The van der Waals surface area contributed by atoms with Gasteiger partial charge in [-0.2, -0.15) is 0 Å². The van der Waals surface area contributed by atoms with Crippen LogP contribution in [0.1, 0.15) is 22.3 Å². The normalized spacial score (nSPS) is 12.7. The Morgan fingerprint density at radius 2 is 0.869 bits per heavy atom. The minimum atomic E-state index is -0.573. The van der Waals surface area contributed by atoms with E-state index in [0.29, 0.717) is 0 Å². The van der Waals surface area contributed by atoms with Gasteiger partial charge in [0, 0.05) is 33.5 Å². The van der Waals surface area contributed by atoms with Gasteiger partial charge in [-0.3, -0.25) is 0 Å². The molecule has 0 aliphatic heterocycles. The predicted octanol–water partition coefficient (Wildman–Crippen LogP) is 15.4. The first kappa shape index (κ1) is 35.0. The van der Waals surface area contributed by atoms with Crippen LogP contribution in [0.5, 0.6) is 0 Å². The van der Waals surface area contributed by atoms with E-state index in [1.807, 2.05) is 0 Å². The lowest BCUT2D eigenvalue weighted by Gasteiger charge is -2.35. The lowest BCUT2D eigenvalue weighted by Crippen LogP contribution is -2.29. The van der Waals surface area contributed by atoms with Gasteiger partial charge in [0.25, 0.3) is 0 Å². The van der Waals surface area contributed by atoms with Gasteiger partial charge in [0.15, 0.2) is 0 Å². The van der Waals surface area contributed by atoms with Crippen LogP contribution in [0.25, 0.3) is 60.5 Å². The molecule has 0 saturated heterocycles. The Balaban J connectivity index is 1.14. The van der Waals surface area contributed by atoms with E-state index in [4.69, 9.17) is 0 Å². The fraction of sp³-hybridized carbons (Fsp3) is 0.0169. The maximum Gasteiger partial charge on any atom is 0.0720 e. The third-order valence-corrected chi connectivity index (χ3v) is 12.8. The molecule has 0 N–H and O–H groups in total. The molecule has 0 bridgehead atoms. The minimum absolute atomic E-state index is 0.573. The van der Waals surface area contributed by atoms with Crippen LogP contribution < -0.4 is 4.90 Å². The maximum atomic E-state index is 2.48. The molecule has 0 spiro atoms. The van der Waals surface area contributed by atoms with Crippen LogP contribution in [0.2, 0.25) is 0 Å². The Hall–Kier alpha value is -7.94. The highest BCUT2D eigenvalue weighted by Crippen LogP contribution is 2.59. The summed E-state index contributed by atoms with van der Waals surface area (Å²) in [6, 6.07) is 89.2. The molecule has 0 saturated carbocycles. The smallest absolute Gasteiger partial charge is 0.0720 e. The molecule has 1 aliphatic rings. The number of nitrogens with zero attached hydrogens (tertiary/aromatic N) is 2. The third kappa shape index (κ3) is 5.43. The van der Waals surface area contributed by atoms with Crippen LogP contribution in [0.4, 0.5) is 17.1 Å². The zero-order valence-corrected chi connectivity index (χ0v) is 33.5. The second kappa shape index (κ2) is 14.1. The molecule has 286 valence electrons.